The topological polar surface area (TPSA) is 72.0 Å². The van der Waals surface area contributed by atoms with Crippen molar-refractivity contribution in [2.24, 2.45) is 0 Å². The van der Waals surface area contributed by atoms with Crippen molar-refractivity contribution in [3.8, 4) is 17.1 Å². The summed E-state index contributed by atoms with van der Waals surface area (Å²) in [6.45, 7) is 4.85. The van der Waals surface area contributed by atoms with Crippen LogP contribution in [0.3, 0.4) is 0 Å². The van der Waals surface area contributed by atoms with Crippen LogP contribution in [0.4, 0.5) is 0 Å². The standard InChI is InChI=1S/C17H20N6O/c1-12-5-3-4-6-14(12)23-11-13(9-19-23)17-20-16(21-24-17)15-10-18-7-8-22(15)2/h3-6,9,11,15,18H,7-8,10H2,1-2H3. The summed E-state index contributed by atoms with van der Waals surface area (Å²) in [6.07, 6.45) is 3.68. The molecule has 1 aliphatic heterocycles. The van der Waals surface area contributed by atoms with E-state index in [1.54, 1.807) is 6.20 Å². The van der Waals surface area contributed by atoms with Gasteiger partial charge in [0.25, 0.3) is 5.89 Å². The zero-order valence-corrected chi connectivity index (χ0v) is 13.8. The fourth-order valence-corrected chi connectivity index (χ4v) is 2.97. The lowest BCUT2D eigenvalue weighted by molar-refractivity contribution is 0.190. The van der Waals surface area contributed by atoms with Crippen LogP contribution in [0.5, 0.6) is 0 Å². The van der Waals surface area contributed by atoms with E-state index in [1.807, 2.05) is 29.1 Å². The predicted octanol–water partition coefficient (Wildman–Crippen LogP) is 1.81. The average molecular weight is 324 g/mol. The first kappa shape index (κ1) is 15.0. The van der Waals surface area contributed by atoms with Gasteiger partial charge in [-0.15, -0.1) is 0 Å². The molecule has 1 fully saturated rings. The van der Waals surface area contributed by atoms with Gasteiger partial charge in [-0.05, 0) is 25.6 Å². The fourth-order valence-electron chi connectivity index (χ4n) is 2.97. The molecule has 0 spiro atoms. The minimum atomic E-state index is 0.141. The number of aryl methyl sites for hydroxylation is 1. The molecule has 7 heteroatoms. The molecule has 0 bridgehead atoms. The Labute approximate surface area is 140 Å². The first-order valence-corrected chi connectivity index (χ1v) is 8.08. The third kappa shape index (κ3) is 2.72. The van der Waals surface area contributed by atoms with Crippen molar-refractivity contribution < 1.29 is 4.52 Å². The fraction of sp³-hybridized carbons (Fsp3) is 0.353. The Morgan fingerprint density at radius 2 is 2.17 bits per heavy atom. The number of benzene rings is 1. The summed E-state index contributed by atoms with van der Waals surface area (Å²) >= 11 is 0. The van der Waals surface area contributed by atoms with Crippen LogP contribution in [-0.2, 0) is 0 Å². The minimum Gasteiger partial charge on any atom is -0.334 e. The molecule has 7 nitrogen and oxygen atoms in total. The van der Waals surface area contributed by atoms with Crippen LogP contribution in [0, 0.1) is 6.92 Å². The van der Waals surface area contributed by atoms with Gasteiger partial charge in [-0.25, -0.2) is 4.68 Å². The molecule has 1 N–H and O–H groups in total. The maximum absolute atomic E-state index is 5.46. The Morgan fingerprint density at radius 1 is 1.29 bits per heavy atom. The summed E-state index contributed by atoms with van der Waals surface area (Å²) in [7, 11) is 2.08. The van der Waals surface area contributed by atoms with Gasteiger partial charge in [0.05, 0.1) is 23.5 Å². The van der Waals surface area contributed by atoms with Crippen molar-refractivity contribution in [1.29, 1.82) is 0 Å². The summed E-state index contributed by atoms with van der Waals surface area (Å²) in [4.78, 5) is 6.81. The highest BCUT2D eigenvalue weighted by Gasteiger charge is 2.25. The van der Waals surface area contributed by atoms with Crippen molar-refractivity contribution >= 4 is 0 Å². The number of rotatable bonds is 3. The predicted molar refractivity (Wildman–Crippen MR) is 89.8 cm³/mol. The third-order valence-corrected chi connectivity index (χ3v) is 4.44. The molecule has 2 aromatic heterocycles. The summed E-state index contributed by atoms with van der Waals surface area (Å²) in [6, 6.07) is 8.26. The van der Waals surface area contributed by atoms with Gasteiger partial charge in [-0.3, -0.25) is 4.90 Å². The number of nitrogens with one attached hydrogen (secondary N) is 1. The third-order valence-electron chi connectivity index (χ3n) is 4.44. The Hall–Kier alpha value is -2.51. The quantitative estimate of drug-likeness (QED) is 0.792. The summed E-state index contributed by atoms with van der Waals surface area (Å²) < 4.78 is 7.30. The zero-order valence-electron chi connectivity index (χ0n) is 13.8. The highest BCUT2D eigenvalue weighted by molar-refractivity contribution is 5.52. The largest absolute Gasteiger partial charge is 0.334 e. The van der Waals surface area contributed by atoms with Crippen LogP contribution < -0.4 is 5.32 Å². The van der Waals surface area contributed by atoms with Crippen molar-refractivity contribution in [3.63, 3.8) is 0 Å². The molecular weight excluding hydrogens is 304 g/mol. The van der Waals surface area contributed by atoms with Gasteiger partial charge in [0, 0.05) is 25.8 Å². The molecule has 1 saturated heterocycles. The second kappa shape index (κ2) is 6.18. The Bertz CT molecular complexity index is 839. The van der Waals surface area contributed by atoms with E-state index in [-0.39, 0.29) is 6.04 Å². The van der Waals surface area contributed by atoms with Crippen LogP contribution >= 0.6 is 0 Å². The average Bonchev–Trinajstić information content (AvgIpc) is 3.25. The highest BCUT2D eigenvalue weighted by Crippen LogP contribution is 2.23. The molecule has 3 heterocycles. The number of para-hydroxylation sites is 1. The van der Waals surface area contributed by atoms with E-state index in [4.69, 9.17) is 4.52 Å². The summed E-state index contributed by atoms with van der Waals surface area (Å²) in [5, 5.41) is 12.0. The van der Waals surface area contributed by atoms with Gasteiger partial charge in [-0.2, -0.15) is 10.1 Å². The first-order chi connectivity index (χ1) is 11.7. The number of hydrogen-bond donors (Lipinski definition) is 1. The normalized spacial score (nSPS) is 18.8. The number of nitrogens with zero attached hydrogens (tertiary/aromatic N) is 5. The lowest BCUT2D eigenvalue weighted by Gasteiger charge is -2.30. The second-order valence-electron chi connectivity index (χ2n) is 6.12. The van der Waals surface area contributed by atoms with Gasteiger partial charge >= 0.3 is 0 Å². The maximum Gasteiger partial charge on any atom is 0.261 e. The second-order valence-corrected chi connectivity index (χ2v) is 6.12. The maximum atomic E-state index is 5.46. The van der Waals surface area contributed by atoms with Gasteiger partial charge < -0.3 is 9.84 Å². The molecule has 1 unspecified atom stereocenters. The van der Waals surface area contributed by atoms with Gasteiger partial charge in [0.15, 0.2) is 5.82 Å². The van der Waals surface area contributed by atoms with E-state index in [0.717, 1.165) is 36.4 Å². The van der Waals surface area contributed by atoms with E-state index in [0.29, 0.717) is 11.7 Å². The molecular formula is C17H20N6O. The molecule has 3 aromatic rings. The Balaban J connectivity index is 1.60. The molecule has 0 saturated carbocycles. The van der Waals surface area contributed by atoms with Crippen molar-refractivity contribution in [3.05, 3.63) is 48.0 Å². The van der Waals surface area contributed by atoms with Crippen LogP contribution in [0.15, 0.2) is 41.2 Å². The number of aromatic nitrogens is 4. The SMILES string of the molecule is Cc1ccccc1-n1cc(-c2nc(C3CNCCN3C)no2)cn1. The smallest absolute Gasteiger partial charge is 0.261 e. The van der Waals surface area contributed by atoms with Crippen molar-refractivity contribution in [2.75, 3.05) is 26.7 Å². The van der Waals surface area contributed by atoms with E-state index in [1.165, 1.54) is 0 Å². The van der Waals surface area contributed by atoms with Gasteiger partial charge in [-0.1, -0.05) is 23.4 Å². The highest BCUT2D eigenvalue weighted by atomic mass is 16.5. The molecule has 1 atom stereocenters. The van der Waals surface area contributed by atoms with E-state index in [9.17, 15) is 0 Å². The van der Waals surface area contributed by atoms with Crippen LogP contribution in [-0.4, -0.2) is 51.5 Å². The molecule has 0 amide bonds. The Kier molecular flexibility index (Phi) is 3.87. The first-order valence-electron chi connectivity index (χ1n) is 8.08. The Morgan fingerprint density at radius 3 is 3.00 bits per heavy atom. The van der Waals surface area contributed by atoms with Crippen LogP contribution in [0.25, 0.3) is 17.1 Å². The zero-order chi connectivity index (χ0) is 16.5. The number of likely N-dealkylation sites (N-methyl/N-ethyl adjacent to an activating group) is 1. The van der Waals surface area contributed by atoms with Crippen molar-refractivity contribution in [1.82, 2.24) is 30.1 Å². The van der Waals surface area contributed by atoms with Gasteiger partial charge in [0.1, 0.15) is 0 Å². The molecule has 124 valence electrons. The molecule has 1 aromatic carbocycles. The van der Waals surface area contributed by atoms with E-state index < -0.39 is 0 Å². The van der Waals surface area contributed by atoms with Crippen molar-refractivity contribution in [2.45, 2.75) is 13.0 Å². The van der Waals surface area contributed by atoms with Crippen LogP contribution in [0.1, 0.15) is 17.4 Å². The molecule has 24 heavy (non-hydrogen) atoms. The molecule has 0 radical (unpaired) electrons. The lowest BCUT2D eigenvalue weighted by atomic mass is 10.2. The number of piperazine rings is 1. The monoisotopic (exact) mass is 324 g/mol. The molecule has 1 aliphatic rings. The van der Waals surface area contributed by atoms with E-state index >= 15 is 0 Å². The molecule has 4 rings (SSSR count). The lowest BCUT2D eigenvalue weighted by Crippen LogP contribution is -2.44. The molecule has 0 aliphatic carbocycles. The number of hydrogen-bond acceptors (Lipinski definition) is 6. The van der Waals surface area contributed by atoms with Gasteiger partial charge in [0.2, 0.25) is 0 Å². The summed E-state index contributed by atoms with van der Waals surface area (Å²) in [5.74, 6) is 1.21. The summed E-state index contributed by atoms with van der Waals surface area (Å²) in [5.41, 5.74) is 3.02. The van der Waals surface area contributed by atoms with Crippen LogP contribution in [0.2, 0.25) is 0 Å². The van der Waals surface area contributed by atoms with E-state index in [2.05, 4.69) is 45.5 Å². The minimum absolute atomic E-state index is 0.141.